The highest BCUT2D eigenvalue weighted by Gasteiger charge is 2.43. The van der Waals surface area contributed by atoms with E-state index in [1.54, 1.807) is 0 Å². The second-order valence-electron chi connectivity index (χ2n) is 2.93. The maximum absolute atomic E-state index is 13.0. The van der Waals surface area contributed by atoms with Crippen molar-refractivity contribution in [1.29, 1.82) is 0 Å². The molecule has 1 aliphatic heterocycles. The van der Waals surface area contributed by atoms with E-state index in [1.807, 2.05) is 0 Å². The lowest BCUT2D eigenvalue weighted by Crippen LogP contribution is -2.25. The first kappa shape index (κ1) is 10.6. The molecule has 1 aliphatic rings. The number of amides is 2. The standard InChI is InChI=1S/C8HF4NO3/c9-3-1-2(4(10)6(12)5(3)11)8(15)13(16)7(1)14/h16H. The summed E-state index contributed by atoms with van der Waals surface area (Å²) in [7, 11) is 0. The highest BCUT2D eigenvalue weighted by molar-refractivity contribution is 6.20. The Morgan fingerprint density at radius 1 is 0.750 bits per heavy atom. The third kappa shape index (κ3) is 1.01. The molecule has 0 aliphatic carbocycles. The van der Waals surface area contributed by atoms with Crippen molar-refractivity contribution >= 4 is 11.8 Å². The number of hydrogen-bond donors (Lipinski definition) is 1. The number of nitrogens with zero attached hydrogens (tertiary/aromatic N) is 1. The van der Waals surface area contributed by atoms with Gasteiger partial charge in [0.1, 0.15) is 0 Å². The van der Waals surface area contributed by atoms with E-state index in [0.717, 1.165) is 0 Å². The Labute approximate surface area is 84.6 Å². The second kappa shape index (κ2) is 3.01. The summed E-state index contributed by atoms with van der Waals surface area (Å²) in [6, 6.07) is 0. The molecule has 0 saturated heterocycles. The van der Waals surface area contributed by atoms with Crippen molar-refractivity contribution in [3.8, 4) is 0 Å². The Morgan fingerprint density at radius 2 is 1.06 bits per heavy atom. The van der Waals surface area contributed by atoms with E-state index in [-0.39, 0.29) is 0 Å². The van der Waals surface area contributed by atoms with Gasteiger partial charge in [0.2, 0.25) is 0 Å². The molecule has 1 N–H and O–H groups in total. The number of carbonyl (C=O) groups is 2. The van der Waals surface area contributed by atoms with Crippen LogP contribution in [-0.2, 0) is 0 Å². The van der Waals surface area contributed by atoms with Crippen LogP contribution in [0.2, 0.25) is 0 Å². The first-order valence-corrected chi connectivity index (χ1v) is 3.81. The average molecular weight is 235 g/mol. The Kier molecular flexibility index (Phi) is 1.99. The summed E-state index contributed by atoms with van der Waals surface area (Å²) in [6.45, 7) is 0. The van der Waals surface area contributed by atoms with Crippen molar-refractivity contribution in [1.82, 2.24) is 5.06 Å². The zero-order chi connectivity index (χ0) is 12.2. The van der Waals surface area contributed by atoms with E-state index in [4.69, 9.17) is 5.21 Å². The molecule has 2 amide bonds. The minimum absolute atomic E-state index is 0.615. The summed E-state index contributed by atoms with van der Waals surface area (Å²) in [4.78, 5) is 22.0. The fraction of sp³-hybridized carbons (Fsp3) is 0. The molecule has 0 aromatic heterocycles. The van der Waals surface area contributed by atoms with E-state index in [0.29, 0.717) is 0 Å². The largest absolute Gasteiger partial charge is 0.288 e. The third-order valence-electron chi connectivity index (χ3n) is 2.08. The highest BCUT2D eigenvalue weighted by atomic mass is 19.2. The van der Waals surface area contributed by atoms with Crippen LogP contribution < -0.4 is 0 Å². The summed E-state index contributed by atoms with van der Waals surface area (Å²) in [6.07, 6.45) is 0. The van der Waals surface area contributed by atoms with Gasteiger partial charge in [-0.05, 0) is 0 Å². The van der Waals surface area contributed by atoms with Crippen molar-refractivity contribution in [3.05, 3.63) is 34.4 Å². The van der Waals surface area contributed by atoms with Crippen molar-refractivity contribution in [3.63, 3.8) is 0 Å². The summed E-state index contributed by atoms with van der Waals surface area (Å²) < 4.78 is 51.5. The van der Waals surface area contributed by atoms with Crippen LogP contribution in [0.5, 0.6) is 0 Å². The summed E-state index contributed by atoms with van der Waals surface area (Å²) >= 11 is 0. The molecule has 2 rings (SSSR count). The van der Waals surface area contributed by atoms with Crippen LogP contribution in [0.4, 0.5) is 17.6 Å². The highest BCUT2D eigenvalue weighted by Crippen LogP contribution is 2.30. The zero-order valence-corrected chi connectivity index (χ0v) is 7.22. The SMILES string of the molecule is O=C1c2c(F)c(F)c(F)c(F)c2C(=O)N1O. The van der Waals surface area contributed by atoms with Crippen LogP contribution in [0.15, 0.2) is 0 Å². The molecule has 0 radical (unpaired) electrons. The predicted molar refractivity (Wildman–Crippen MR) is 38.6 cm³/mol. The molecule has 0 unspecified atom stereocenters. The van der Waals surface area contributed by atoms with Gasteiger partial charge in [0.15, 0.2) is 23.3 Å². The predicted octanol–water partition coefficient (Wildman–Crippen LogP) is 1.23. The van der Waals surface area contributed by atoms with Gasteiger partial charge in [-0.15, -0.1) is 5.06 Å². The smallest absolute Gasteiger partial charge is 0.278 e. The lowest BCUT2D eigenvalue weighted by molar-refractivity contribution is -0.0330. The van der Waals surface area contributed by atoms with Gasteiger partial charge < -0.3 is 0 Å². The van der Waals surface area contributed by atoms with Crippen LogP contribution in [0, 0.1) is 23.3 Å². The van der Waals surface area contributed by atoms with E-state index >= 15 is 0 Å². The number of benzene rings is 1. The van der Waals surface area contributed by atoms with Crippen LogP contribution in [0.25, 0.3) is 0 Å². The van der Waals surface area contributed by atoms with Gasteiger partial charge in [-0.3, -0.25) is 14.8 Å². The molecule has 16 heavy (non-hydrogen) atoms. The molecule has 1 aromatic rings. The molecular weight excluding hydrogens is 234 g/mol. The molecular formula is C8HF4NO3. The van der Waals surface area contributed by atoms with Gasteiger partial charge in [-0.2, -0.15) is 0 Å². The van der Waals surface area contributed by atoms with Gasteiger partial charge in [0.25, 0.3) is 11.8 Å². The molecule has 0 bridgehead atoms. The van der Waals surface area contributed by atoms with Crippen molar-refractivity contribution in [2.24, 2.45) is 0 Å². The minimum atomic E-state index is -2.22. The third-order valence-corrected chi connectivity index (χ3v) is 2.08. The average Bonchev–Trinajstić information content (AvgIpc) is 2.48. The summed E-state index contributed by atoms with van der Waals surface area (Å²) in [5, 5.41) is 8.16. The number of imide groups is 1. The number of hydrogen-bond acceptors (Lipinski definition) is 3. The van der Waals surface area contributed by atoms with Gasteiger partial charge in [-0.1, -0.05) is 0 Å². The Bertz CT molecular complexity index is 496. The second-order valence-corrected chi connectivity index (χ2v) is 2.93. The van der Waals surface area contributed by atoms with Gasteiger partial charge >= 0.3 is 0 Å². The van der Waals surface area contributed by atoms with Crippen LogP contribution in [-0.4, -0.2) is 22.1 Å². The van der Waals surface area contributed by atoms with Gasteiger partial charge in [0, 0.05) is 0 Å². The van der Waals surface area contributed by atoms with Crippen molar-refractivity contribution in [2.75, 3.05) is 0 Å². The first-order valence-electron chi connectivity index (χ1n) is 3.81. The van der Waals surface area contributed by atoms with E-state index in [1.165, 1.54) is 0 Å². The van der Waals surface area contributed by atoms with Crippen molar-refractivity contribution in [2.45, 2.75) is 0 Å². The number of hydroxylamine groups is 2. The van der Waals surface area contributed by atoms with Crippen LogP contribution >= 0.6 is 0 Å². The van der Waals surface area contributed by atoms with Gasteiger partial charge in [0.05, 0.1) is 11.1 Å². The molecule has 1 aromatic carbocycles. The van der Waals surface area contributed by atoms with E-state index in [2.05, 4.69) is 0 Å². The summed E-state index contributed by atoms with van der Waals surface area (Å²) in [5.41, 5.74) is -2.63. The lowest BCUT2D eigenvalue weighted by atomic mass is 10.1. The molecule has 0 atom stereocenters. The normalized spacial score (nSPS) is 14.7. The monoisotopic (exact) mass is 235 g/mol. The number of rotatable bonds is 0. The van der Waals surface area contributed by atoms with E-state index < -0.39 is 51.3 Å². The molecule has 0 fully saturated rings. The van der Waals surface area contributed by atoms with Gasteiger partial charge in [-0.25, -0.2) is 17.6 Å². The maximum atomic E-state index is 13.0. The number of fused-ring (bicyclic) bond motifs is 1. The first-order chi connectivity index (χ1) is 7.37. The van der Waals surface area contributed by atoms with Crippen molar-refractivity contribution < 1.29 is 32.4 Å². The lowest BCUT2D eigenvalue weighted by Gasteiger charge is -2.01. The minimum Gasteiger partial charge on any atom is -0.278 e. The zero-order valence-electron chi connectivity index (χ0n) is 7.22. The quantitative estimate of drug-likeness (QED) is 0.242. The summed E-state index contributed by atoms with van der Waals surface area (Å²) in [5.74, 6) is -11.7. The number of halogens is 4. The maximum Gasteiger partial charge on any atom is 0.288 e. The molecule has 0 spiro atoms. The molecule has 4 nitrogen and oxygen atoms in total. The van der Waals surface area contributed by atoms with Crippen LogP contribution in [0.3, 0.4) is 0 Å². The van der Waals surface area contributed by atoms with Crippen LogP contribution in [0.1, 0.15) is 20.7 Å². The fourth-order valence-electron chi connectivity index (χ4n) is 1.34. The topological polar surface area (TPSA) is 57.6 Å². The molecule has 0 saturated carbocycles. The Balaban J connectivity index is 2.91. The Hall–Kier alpha value is -1.96. The number of carbonyl (C=O) groups excluding carboxylic acids is 2. The molecule has 84 valence electrons. The molecule has 1 heterocycles. The van der Waals surface area contributed by atoms with E-state index in [9.17, 15) is 27.2 Å². The Morgan fingerprint density at radius 3 is 1.38 bits per heavy atom. The molecule has 8 heteroatoms. The fourth-order valence-corrected chi connectivity index (χ4v) is 1.34.